The highest BCUT2D eigenvalue weighted by atomic mass is 32.1. The van der Waals surface area contributed by atoms with Crippen LogP contribution in [0, 0.1) is 18.3 Å². The quantitative estimate of drug-likeness (QED) is 0.509. The van der Waals surface area contributed by atoms with E-state index in [-0.39, 0.29) is 12.5 Å². The van der Waals surface area contributed by atoms with Gasteiger partial charge in [-0.15, -0.1) is 0 Å². The molecule has 0 radical (unpaired) electrons. The molecule has 1 amide bonds. The Morgan fingerprint density at radius 2 is 2.00 bits per heavy atom. The number of aromatic nitrogens is 1. The molecule has 0 aliphatic rings. The third-order valence-corrected chi connectivity index (χ3v) is 5.28. The van der Waals surface area contributed by atoms with Gasteiger partial charge in [0.05, 0.1) is 34.7 Å². The van der Waals surface area contributed by atoms with Crippen LogP contribution in [0.15, 0.2) is 65.3 Å². The molecule has 2 aromatic heterocycles. The summed E-state index contributed by atoms with van der Waals surface area (Å²) < 4.78 is 6.48. The average Bonchev–Trinajstić information content (AvgIpc) is 3.36. The van der Waals surface area contributed by atoms with Gasteiger partial charge in [0.25, 0.3) is 5.91 Å². The first kappa shape index (κ1) is 17.0. The fourth-order valence-corrected chi connectivity index (χ4v) is 3.86. The topological polar surface area (TPSA) is 70.1 Å². The highest BCUT2D eigenvalue weighted by molar-refractivity contribution is 7.22. The second-order valence-electron chi connectivity index (χ2n) is 6.08. The lowest BCUT2D eigenvalue weighted by Crippen LogP contribution is -2.30. The molecule has 0 N–H and O–H groups in total. The van der Waals surface area contributed by atoms with E-state index in [1.807, 2.05) is 31.2 Å². The van der Waals surface area contributed by atoms with E-state index in [1.54, 1.807) is 41.5 Å². The zero-order valence-electron chi connectivity index (χ0n) is 14.5. The largest absolute Gasteiger partial charge is 0.467 e. The van der Waals surface area contributed by atoms with Gasteiger partial charge in [-0.1, -0.05) is 23.5 Å². The molecule has 0 unspecified atom stereocenters. The van der Waals surface area contributed by atoms with Gasteiger partial charge >= 0.3 is 0 Å². The molecule has 2 aromatic carbocycles. The number of aryl methyl sites for hydroxylation is 1. The van der Waals surface area contributed by atoms with E-state index in [1.165, 1.54) is 11.3 Å². The number of hydrogen-bond donors (Lipinski definition) is 0. The minimum Gasteiger partial charge on any atom is -0.467 e. The molecule has 0 bridgehead atoms. The number of anilines is 1. The van der Waals surface area contributed by atoms with Gasteiger partial charge in [0.1, 0.15) is 5.76 Å². The van der Waals surface area contributed by atoms with Crippen molar-refractivity contribution in [1.29, 1.82) is 5.26 Å². The molecule has 0 atom stereocenters. The summed E-state index contributed by atoms with van der Waals surface area (Å²) in [5.41, 5.74) is 2.98. The molecule has 2 heterocycles. The van der Waals surface area contributed by atoms with Crippen molar-refractivity contribution in [1.82, 2.24) is 4.98 Å². The van der Waals surface area contributed by atoms with E-state index in [4.69, 9.17) is 14.7 Å². The van der Waals surface area contributed by atoms with Crippen molar-refractivity contribution in [3.8, 4) is 6.07 Å². The number of furan rings is 1. The summed E-state index contributed by atoms with van der Waals surface area (Å²) in [7, 11) is 0. The molecule has 4 aromatic rings. The van der Waals surface area contributed by atoms with Crippen LogP contribution in [0.1, 0.15) is 27.2 Å². The van der Waals surface area contributed by atoms with Crippen molar-refractivity contribution < 1.29 is 9.21 Å². The number of nitrogens with zero attached hydrogens (tertiary/aromatic N) is 3. The maximum absolute atomic E-state index is 13.2. The van der Waals surface area contributed by atoms with Crippen molar-refractivity contribution in [2.24, 2.45) is 0 Å². The van der Waals surface area contributed by atoms with Crippen molar-refractivity contribution in [2.45, 2.75) is 13.5 Å². The molecule has 4 rings (SSSR count). The molecule has 27 heavy (non-hydrogen) atoms. The number of hydrogen-bond acceptors (Lipinski definition) is 5. The average molecular weight is 373 g/mol. The molecule has 132 valence electrons. The third-order valence-electron chi connectivity index (χ3n) is 4.24. The third kappa shape index (κ3) is 3.33. The van der Waals surface area contributed by atoms with Crippen molar-refractivity contribution in [2.75, 3.05) is 4.90 Å². The minimum absolute atomic E-state index is 0.187. The van der Waals surface area contributed by atoms with E-state index in [2.05, 4.69) is 6.07 Å². The van der Waals surface area contributed by atoms with Gasteiger partial charge in [-0.3, -0.25) is 9.69 Å². The first-order valence-electron chi connectivity index (χ1n) is 8.36. The Hall–Kier alpha value is -3.43. The van der Waals surface area contributed by atoms with E-state index >= 15 is 0 Å². The smallest absolute Gasteiger partial charge is 0.260 e. The molecule has 0 fully saturated rings. The van der Waals surface area contributed by atoms with E-state index in [9.17, 15) is 4.79 Å². The fourth-order valence-electron chi connectivity index (χ4n) is 2.82. The summed E-state index contributed by atoms with van der Waals surface area (Å²) in [6.45, 7) is 2.29. The van der Waals surface area contributed by atoms with Gasteiger partial charge in [0, 0.05) is 5.56 Å². The zero-order valence-corrected chi connectivity index (χ0v) is 15.4. The number of nitriles is 1. The summed E-state index contributed by atoms with van der Waals surface area (Å²) in [5.74, 6) is 0.487. The predicted octanol–water partition coefficient (Wildman–Crippen LogP) is 4.92. The number of benzene rings is 2. The lowest BCUT2D eigenvalue weighted by molar-refractivity contribution is 0.0983. The van der Waals surface area contributed by atoms with Crippen LogP contribution < -0.4 is 4.90 Å². The van der Waals surface area contributed by atoms with Gasteiger partial charge in [-0.2, -0.15) is 5.26 Å². The highest BCUT2D eigenvalue weighted by Crippen LogP contribution is 2.32. The van der Waals surface area contributed by atoms with Crippen molar-refractivity contribution in [3.05, 3.63) is 83.3 Å². The highest BCUT2D eigenvalue weighted by Gasteiger charge is 2.23. The molecular weight excluding hydrogens is 358 g/mol. The van der Waals surface area contributed by atoms with Crippen molar-refractivity contribution in [3.63, 3.8) is 0 Å². The molecule has 6 heteroatoms. The van der Waals surface area contributed by atoms with Crippen LogP contribution in [0.4, 0.5) is 5.13 Å². The summed E-state index contributed by atoms with van der Waals surface area (Å²) in [6, 6.07) is 18.3. The Morgan fingerprint density at radius 1 is 1.19 bits per heavy atom. The number of carbonyl (C=O) groups excluding carboxylic acids is 1. The first-order valence-corrected chi connectivity index (χ1v) is 9.18. The van der Waals surface area contributed by atoms with Crippen LogP contribution >= 0.6 is 11.3 Å². The number of carbonyl (C=O) groups is 1. The standard InChI is InChI=1S/C21H15N3O2S/c1-14-4-2-6-18-19(14)23-21(27-18)24(13-17-5-3-11-26-17)20(25)16-9-7-15(12-22)8-10-16/h2-11H,13H2,1H3. The fraction of sp³-hybridized carbons (Fsp3) is 0.0952. The maximum atomic E-state index is 13.2. The second-order valence-corrected chi connectivity index (χ2v) is 7.09. The number of thiazole rings is 1. The number of fused-ring (bicyclic) bond motifs is 1. The molecule has 0 aliphatic heterocycles. The van der Waals surface area contributed by atoms with Crippen LogP contribution in [0.5, 0.6) is 0 Å². The Kier molecular flexibility index (Phi) is 4.45. The number of para-hydroxylation sites is 1. The zero-order chi connectivity index (χ0) is 18.8. The SMILES string of the molecule is Cc1cccc2sc(N(Cc3ccco3)C(=O)c3ccc(C#N)cc3)nc12. The van der Waals surface area contributed by atoms with Crippen LogP contribution in [0.2, 0.25) is 0 Å². The van der Waals surface area contributed by atoms with Crippen LogP contribution in [-0.4, -0.2) is 10.9 Å². The van der Waals surface area contributed by atoms with Gasteiger partial charge in [-0.25, -0.2) is 4.98 Å². The normalized spacial score (nSPS) is 10.7. The maximum Gasteiger partial charge on any atom is 0.260 e. The summed E-state index contributed by atoms with van der Waals surface area (Å²) >= 11 is 1.47. The van der Waals surface area contributed by atoms with E-state index in [0.717, 1.165) is 15.8 Å². The molecule has 0 spiro atoms. The number of rotatable bonds is 4. The van der Waals surface area contributed by atoms with Crippen LogP contribution in [0.3, 0.4) is 0 Å². The van der Waals surface area contributed by atoms with E-state index < -0.39 is 0 Å². The first-order chi connectivity index (χ1) is 13.2. The summed E-state index contributed by atoms with van der Waals surface area (Å²) in [6.07, 6.45) is 1.59. The Morgan fingerprint density at radius 3 is 2.67 bits per heavy atom. The van der Waals surface area contributed by atoms with Crippen LogP contribution in [-0.2, 0) is 6.54 Å². The summed E-state index contributed by atoms with van der Waals surface area (Å²) in [4.78, 5) is 19.5. The van der Waals surface area contributed by atoms with Gasteiger partial charge in [0.15, 0.2) is 5.13 Å². The lowest BCUT2D eigenvalue weighted by Gasteiger charge is -2.18. The second kappa shape index (κ2) is 7.06. The molecule has 5 nitrogen and oxygen atoms in total. The Balaban J connectivity index is 1.76. The molecule has 0 saturated heterocycles. The van der Waals surface area contributed by atoms with Gasteiger partial charge in [0.2, 0.25) is 0 Å². The van der Waals surface area contributed by atoms with Gasteiger partial charge in [-0.05, 0) is 55.0 Å². The van der Waals surface area contributed by atoms with Gasteiger partial charge < -0.3 is 4.42 Å². The van der Waals surface area contributed by atoms with Crippen molar-refractivity contribution >= 4 is 32.6 Å². The van der Waals surface area contributed by atoms with Crippen LogP contribution in [0.25, 0.3) is 10.2 Å². The summed E-state index contributed by atoms with van der Waals surface area (Å²) in [5, 5.41) is 9.58. The molecule has 0 aliphatic carbocycles. The monoisotopic (exact) mass is 373 g/mol. The minimum atomic E-state index is -0.187. The molecular formula is C21H15N3O2S. The Bertz CT molecular complexity index is 1140. The van der Waals surface area contributed by atoms with E-state index in [0.29, 0.717) is 22.0 Å². The predicted molar refractivity (Wildman–Crippen MR) is 105 cm³/mol. The molecule has 0 saturated carbocycles. The number of amides is 1. The lowest BCUT2D eigenvalue weighted by atomic mass is 10.1. The Labute approximate surface area is 160 Å².